The number of aromatic nitrogens is 2. The van der Waals surface area contributed by atoms with Crippen LogP contribution in [0.25, 0.3) is 0 Å². The van der Waals surface area contributed by atoms with Crippen LogP contribution in [0.15, 0.2) is 24.4 Å². The van der Waals surface area contributed by atoms with Gasteiger partial charge in [-0.1, -0.05) is 0 Å². The first kappa shape index (κ1) is 15.3. The van der Waals surface area contributed by atoms with Crippen molar-refractivity contribution in [1.82, 2.24) is 9.78 Å². The molecule has 2 aromatic rings. The first-order valence-corrected chi connectivity index (χ1v) is 6.32. The molecule has 0 fully saturated rings. The van der Waals surface area contributed by atoms with Crippen LogP contribution in [0.3, 0.4) is 0 Å². The summed E-state index contributed by atoms with van der Waals surface area (Å²) < 4.78 is 53.3. The Kier molecular flexibility index (Phi) is 3.93. The SMILES string of the molecule is Cc1nn(C)cc1C(C)Nc1cc(C(F)(F)F)ccc1F. The molecule has 1 N–H and O–H groups in total. The lowest BCUT2D eigenvalue weighted by Gasteiger charge is -2.17. The number of nitrogens with one attached hydrogen (secondary N) is 1. The van der Waals surface area contributed by atoms with Gasteiger partial charge in [-0.05, 0) is 32.0 Å². The van der Waals surface area contributed by atoms with Gasteiger partial charge in [-0.15, -0.1) is 0 Å². The first-order valence-electron chi connectivity index (χ1n) is 6.32. The standard InChI is InChI=1S/C14H15F4N3/c1-8(11-7-21(3)20-9(11)2)19-13-6-10(14(16,17)18)4-5-12(13)15/h4-8,19H,1-3H3. The minimum absolute atomic E-state index is 0.180. The Morgan fingerprint density at radius 3 is 2.48 bits per heavy atom. The minimum Gasteiger partial charge on any atom is -0.376 e. The molecule has 1 aromatic carbocycles. The molecule has 1 unspecified atom stereocenters. The smallest absolute Gasteiger partial charge is 0.376 e. The molecule has 0 bridgehead atoms. The summed E-state index contributed by atoms with van der Waals surface area (Å²) in [5, 5.41) is 6.92. The highest BCUT2D eigenvalue weighted by molar-refractivity contribution is 5.50. The van der Waals surface area contributed by atoms with E-state index in [0.29, 0.717) is 0 Å². The maximum absolute atomic E-state index is 13.7. The summed E-state index contributed by atoms with van der Waals surface area (Å²) in [6, 6.07) is 1.95. The van der Waals surface area contributed by atoms with E-state index < -0.39 is 17.6 Å². The van der Waals surface area contributed by atoms with Crippen LogP contribution in [0.4, 0.5) is 23.2 Å². The lowest BCUT2D eigenvalue weighted by atomic mass is 10.1. The predicted molar refractivity (Wildman–Crippen MR) is 71.4 cm³/mol. The first-order chi connectivity index (χ1) is 9.68. The highest BCUT2D eigenvalue weighted by atomic mass is 19.4. The summed E-state index contributed by atoms with van der Waals surface area (Å²) in [6.45, 7) is 3.53. The molecule has 1 aromatic heterocycles. The van der Waals surface area contributed by atoms with Gasteiger partial charge < -0.3 is 5.32 Å². The number of halogens is 4. The number of anilines is 1. The van der Waals surface area contributed by atoms with E-state index in [1.807, 2.05) is 0 Å². The predicted octanol–water partition coefficient (Wildman–Crippen LogP) is 4.06. The van der Waals surface area contributed by atoms with Gasteiger partial charge in [0.15, 0.2) is 0 Å². The van der Waals surface area contributed by atoms with Gasteiger partial charge >= 0.3 is 6.18 Å². The van der Waals surface area contributed by atoms with Crippen molar-refractivity contribution in [2.45, 2.75) is 26.1 Å². The van der Waals surface area contributed by atoms with E-state index in [1.54, 1.807) is 31.8 Å². The van der Waals surface area contributed by atoms with E-state index in [0.717, 1.165) is 29.5 Å². The van der Waals surface area contributed by atoms with Crippen molar-refractivity contribution in [1.29, 1.82) is 0 Å². The minimum atomic E-state index is -4.50. The van der Waals surface area contributed by atoms with E-state index >= 15 is 0 Å². The van der Waals surface area contributed by atoms with Gasteiger partial charge in [-0.25, -0.2) is 4.39 Å². The molecule has 1 atom stereocenters. The number of hydrogen-bond acceptors (Lipinski definition) is 2. The summed E-state index contributed by atoms with van der Waals surface area (Å²) >= 11 is 0. The summed E-state index contributed by atoms with van der Waals surface area (Å²) in [5.41, 5.74) is 0.473. The van der Waals surface area contributed by atoms with E-state index in [2.05, 4.69) is 10.4 Å². The van der Waals surface area contributed by atoms with Crippen molar-refractivity contribution in [3.63, 3.8) is 0 Å². The molecule has 0 aliphatic carbocycles. The molecule has 1 heterocycles. The van der Waals surface area contributed by atoms with Gasteiger partial charge in [0.05, 0.1) is 23.0 Å². The Labute approximate surface area is 119 Å². The quantitative estimate of drug-likeness (QED) is 0.866. The van der Waals surface area contributed by atoms with Crippen LogP contribution in [-0.2, 0) is 13.2 Å². The second-order valence-electron chi connectivity index (χ2n) is 4.90. The summed E-state index contributed by atoms with van der Waals surface area (Å²) in [7, 11) is 1.74. The van der Waals surface area contributed by atoms with Crippen LogP contribution in [0, 0.1) is 12.7 Å². The van der Waals surface area contributed by atoms with Crippen LogP contribution in [0.1, 0.15) is 29.8 Å². The van der Waals surface area contributed by atoms with Crippen LogP contribution < -0.4 is 5.32 Å². The summed E-state index contributed by atoms with van der Waals surface area (Å²) in [5.74, 6) is -0.726. The average molecular weight is 301 g/mol. The largest absolute Gasteiger partial charge is 0.416 e. The summed E-state index contributed by atoms with van der Waals surface area (Å²) in [4.78, 5) is 0. The van der Waals surface area contributed by atoms with Crippen LogP contribution in [-0.4, -0.2) is 9.78 Å². The third-order valence-corrected chi connectivity index (χ3v) is 3.18. The van der Waals surface area contributed by atoms with E-state index in [4.69, 9.17) is 0 Å². The molecule has 3 nitrogen and oxygen atoms in total. The van der Waals surface area contributed by atoms with Crippen molar-refractivity contribution < 1.29 is 17.6 Å². The molecule has 0 radical (unpaired) electrons. The molecule has 0 aliphatic rings. The topological polar surface area (TPSA) is 29.9 Å². The van der Waals surface area contributed by atoms with Crippen molar-refractivity contribution in [2.24, 2.45) is 7.05 Å². The van der Waals surface area contributed by atoms with E-state index in [1.165, 1.54) is 0 Å². The molecule has 114 valence electrons. The van der Waals surface area contributed by atoms with E-state index in [9.17, 15) is 17.6 Å². The zero-order chi connectivity index (χ0) is 15.8. The van der Waals surface area contributed by atoms with Crippen LogP contribution >= 0.6 is 0 Å². The molecule has 7 heteroatoms. The molecule has 0 saturated heterocycles. The average Bonchev–Trinajstić information content (AvgIpc) is 2.70. The fraction of sp³-hybridized carbons (Fsp3) is 0.357. The van der Waals surface area contributed by atoms with Gasteiger partial charge in [-0.3, -0.25) is 4.68 Å². The summed E-state index contributed by atoms with van der Waals surface area (Å²) in [6.07, 6.45) is -2.75. The highest BCUT2D eigenvalue weighted by Gasteiger charge is 2.31. The molecule has 0 amide bonds. The Morgan fingerprint density at radius 1 is 1.29 bits per heavy atom. The Hall–Kier alpha value is -2.05. The number of aryl methyl sites for hydroxylation is 2. The molecule has 21 heavy (non-hydrogen) atoms. The van der Waals surface area contributed by atoms with Crippen molar-refractivity contribution in [3.8, 4) is 0 Å². The van der Waals surface area contributed by atoms with Crippen LogP contribution in [0.5, 0.6) is 0 Å². The lowest BCUT2D eigenvalue weighted by Crippen LogP contribution is -2.11. The normalized spacial score (nSPS) is 13.3. The maximum Gasteiger partial charge on any atom is 0.416 e. The van der Waals surface area contributed by atoms with Crippen molar-refractivity contribution in [2.75, 3.05) is 5.32 Å². The highest BCUT2D eigenvalue weighted by Crippen LogP contribution is 2.33. The van der Waals surface area contributed by atoms with Gasteiger partial charge in [-0.2, -0.15) is 18.3 Å². The Balaban J connectivity index is 2.28. The fourth-order valence-electron chi connectivity index (χ4n) is 2.17. The number of benzene rings is 1. The van der Waals surface area contributed by atoms with Gasteiger partial charge in [0.1, 0.15) is 5.82 Å². The zero-order valence-corrected chi connectivity index (χ0v) is 11.8. The van der Waals surface area contributed by atoms with Crippen molar-refractivity contribution >= 4 is 5.69 Å². The maximum atomic E-state index is 13.7. The third kappa shape index (κ3) is 3.34. The second-order valence-corrected chi connectivity index (χ2v) is 4.90. The number of rotatable bonds is 3. The Bertz CT molecular complexity index is 646. The molecular formula is C14H15F4N3. The molecule has 0 aliphatic heterocycles. The lowest BCUT2D eigenvalue weighted by molar-refractivity contribution is -0.137. The Morgan fingerprint density at radius 2 is 1.95 bits per heavy atom. The number of alkyl halides is 3. The molecule has 0 spiro atoms. The molecular weight excluding hydrogens is 286 g/mol. The third-order valence-electron chi connectivity index (χ3n) is 3.18. The second kappa shape index (κ2) is 5.38. The number of hydrogen-bond donors (Lipinski definition) is 1. The van der Waals surface area contributed by atoms with Gasteiger partial charge in [0, 0.05) is 18.8 Å². The van der Waals surface area contributed by atoms with E-state index in [-0.39, 0.29) is 11.7 Å². The monoisotopic (exact) mass is 301 g/mol. The fourth-order valence-corrected chi connectivity index (χ4v) is 2.17. The van der Waals surface area contributed by atoms with Crippen molar-refractivity contribution in [3.05, 3.63) is 47.0 Å². The van der Waals surface area contributed by atoms with Gasteiger partial charge in [0.2, 0.25) is 0 Å². The van der Waals surface area contributed by atoms with Crippen LogP contribution in [0.2, 0.25) is 0 Å². The number of nitrogens with zero attached hydrogens (tertiary/aromatic N) is 2. The zero-order valence-electron chi connectivity index (χ0n) is 11.8. The molecule has 0 saturated carbocycles. The molecule has 2 rings (SSSR count). The van der Waals surface area contributed by atoms with Gasteiger partial charge in [0.25, 0.3) is 0 Å².